The number of hydrogen-bond donors (Lipinski definition) is 0. The van der Waals surface area contributed by atoms with Crippen molar-refractivity contribution in [2.75, 3.05) is 0 Å². The fourth-order valence-corrected chi connectivity index (χ4v) is 3.77. The lowest BCUT2D eigenvalue weighted by Gasteiger charge is -2.06. The normalized spacial score (nSPS) is 11.0. The summed E-state index contributed by atoms with van der Waals surface area (Å²) in [6.45, 7) is 8.32. The quantitative estimate of drug-likeness (QED) is 0.618. The third-order valence-corrected chi connectivity index (χ3v) is 4.97. The second kappa shape index (κ2) is 5.82. The summed E-state index contributed by atoms with van der Waals surface area (Å²) in [6, 6.07) is 8.02. The summed E-state index contributed by atoms with van der Waals surface area (Å²) in [4.78, 5) is 19.2. The van der Waals surface area contributed by atoms with Gasteiger partial charge in [0.15, 0.2) is 0 Å². The van der Waals surface area contributed by atoms with Crippen molar-refractivity contribution in [3.05, 3.63) is 62.4 Å². The first-order valence-electron chi connectivity index (χ1n) is 6.86. The topological polar surface area (TPSA) is 34.9 Å². The molecule has 0 unspecified atom stereocenters. The van der Waals surface area contributed by atoms with Gasteiger partial charge in [0, 0.05) is 21.5 Å². The van der Waals surface area contributed by atoms with Crippen molar-refractivity contribution < 1.29 is 0 Å². The molecule has 0 aliphatic heterocycles. The van der Waals surface area contributed by atoms with E-state index in [-0.39, 0.29) is 5.56 Å². The van der Waals surface area contributed by atoms with Gasteiger partial charge >= 0.3 is 0 Å². The van der Waals surface area contributed by atoms with Crippen LogP contribution in [-0.4, -0.2) is 9.55 Å². The summed E-state index contributed by atoms with van der Waals surface area (Å²) in [5.74, 6) is 0. The number of allylic oxidation sites excluding steroid dienone is 1. The molecule has 0 spiro atoms. The predicted molar refractivity (Wildman–Crippen MR) is 96.6 cm³/mol. The van der Waals surface area contributed by atoms with E-state index in [0.29, 0.717) is 11.9 Å². The molecule has 0 fully saturated rings. The van der Waals surface area contributed by atoms with Gasteiger partial charge in [0.1, 0.15) is 4.83 Å². The van der Waals surface area contributed by atoms with E-state index in [9.17, 15) is 4.79 Å². The van der Waals surface area contributed by atoms with Crippen molar-refractivity contribution in [1.29, 1.82) is 0 Å². The lowest BCUT2D eigenvalue weighted by Crippen LogP contribution is -2.20. The third-order valence-electron chi connectivity index (χ3n) is 3.43. The Morgan fingerprint density at radius 2 is 2.05 bits per heavy atom. The van der Waals surface area contributed by atoms with Gasteiger partial charge in [-0.25, -0.2) is 4.98 Å². The summed E-state index contributed by atoms with van der Waals surface area (Å²) >= 11 is 5.01. The largest absolute Gasteiger partial charge is 0.295 e. The molecule has 2 aromatic heterocycles. The number of halogens is 1. The zero-order valence-electron chi connectivity index (χ0n) is 12.4. The molecule has 1 aromatic carbocycles. The molecule has 112 valence electrons. The SMILES string of the molecule is C=C(C)Cn1cnc2sc(C)c(-c3ccc(Br)cc3)c2c1=O. The monoisotopic (exact) mass is 374 g/mol. The van der Waals surface area contributed by atoms with Crippen LogP contribution in [0.4, 0.5) is 0 Å². The summed E-state index contributed by atoms with van der Waals surface area (Å²) < 4.78 is 2.64. The first-order valence-corrected chi connectivity index (χ1v) is 8.47. The van der Waals surface area contributed by atoms with Gasteiger partial charge in [-0.05, 0) is 31.5 Å². The minimum atomic E-state index is -0.00438. The van der Waals surface area contributed by atoms with Crippen LogP contribution in [0.5, 0.6) is 0 Å². The Hall–Kier alpha value is -1.72. The molecule has 3 nitrogen and oxygen atoms in total. The van der Waals surface area contributed by atoms with Crippen molar-refractivity contribution in [2.24, 2.45) is 0 Å². The van der Waals surface area contributed by atoms with Gasteiger partial charge in [0.2, 0.25) is 0 Å². The average Bonchev–Trinajstić information content (AvgIpc) is 2.80. The fourth-order valence-electron chi connectivity index (χ4n) is 2.51. The van der Waals surface area contributed by atoms with E-state index in [4.69, 9.17) is 0 Å². The van der Waals surface area contributed by atoms with E-state index in [1.165, 1.54) is 0 Å². The van der Waals surface area contributed by atoms with E-state index in [1.807, 2.05) is 38.1 Å². The number of rotatable bonds is 3. The number of fused-ring (bicyclic) bond motifs is 1. The molecule has 0 saturated carbocycles. The first-order chi connectivity index (χ1) is 10.5. The van der Waals surface area contributed by atoms with Crippen LogP contribution in [0, 0.1) is 6.92 Å². The Labute approximate surface area is 141 Å². The van der Waals surface area contributed by atoms with Crippen molar-refractivity contribution in [3.8, 4) is 11.1 Å². The Balaban J connectivity index is 2.29. The number of thiophene rings is 1. The maximum absolute atomic E-state index is 12.8. The number of hydrogen-bond acceptors (Lipinski definition) is 3. The van der Waals surface area contributed by atoms with Gasteiger partial charge in [-0.15, -0.1) is 11.3 Å². The molecule has 0 saturated heterocycles. The molecule has 0 atom stereocenters. The Kier molecular flexibility index (Phi) is 4.02. The van der Waals surface area contributed by atoms with Gasteiger partial charge in [-0.3, -0.25) is 9.36 Å². The highest BCUT2D eigenvalue weighted by molar-refractivity contribution is 9.10. The smallest absolute Gasteiger partial charge is 0.263 e. The molecular weight excluding hydrogens is 360 g/mol. The van der Waals surface area contributed by atoms with Crippen molar-refractivity contribution in [2.45, 2.75) is 20.4 Å². The van der Waals surface area contributed by atoms with E-state index in [0.717, 1.165) is 30.9 Å². The summed E-state index contributed by atoms with van der Waals surface area (Å²) in [7, 11) is 0. The number of aromatic nitrogens is 2. The molecule has 0 aliphatic rings. The maximum Gasteiger partial charge on any atom is 0.263 e. The number of benzene rings is 1. The van der Waals surface area contributed by atoms with Crippen LogP contribution in [0.1, 0.15) is 11.8 Å². The first kappa shape index (κ1) is 15.2. The van der Waals surface area contributed by atoms with Crippen LogP contribution in [0.25, 0.3) is 21.3 Å². The van der Waals surface area contributed by atoms with Gasteiger partial charge in [-0.2, -0.15) is 0 Å². The second-order valence-corrected chi connectivity index (χ2v) is 7.47. The van der Waals surface area contributed by atoms with Gasteiger partial charge in [0.25, 0.3) is 5.56 Å². The molecule has 0 N–H and O–H groups in total. The van der Waals surface area contributed by atoms with Gasteiger partial charge in [0.05, 0.1) is 11.7 Å². The van der Waals surface area contributed by atoms with Gasteiger partial charge < -0.3 is 0 Å². The van der Waals surface area contributed by atoms with Crippen LogP contribution < -0.4 is 5.56 Å². The minimum absolute atomic E-state index is 0.00438. The summed E-state index contributed by atoms with van der Waals surface area (Å²) in [5, 5.41) is 0.702. The highest BCUT2D eigenvalue weighted by Crippen LogP contribution is 2.35. The van der Waals surface area contributed by atoms with Crippen molar-refractivity contribution >= 4 is 37.5 Å². The van der Waals surface area contributed by atoms with E-state index >= 15 is 0 Å². The Morgan fingerprint density at radius 3 is 2.68 bits per heavy atom. The highest BCUT2D eigenvalue weighted by atomic mass is 79.9. The van der Waals surface area contributed by atoms with Crippen LogP contribution in [0.3, 0.4) is 0 Å². The Morgan fingerprint density at radius 1 is 1.36 bits per heavy atom. The van der Waals surface area contributed by atoms with E-state index in [2.05, 4.69) is 27.5 Å². The Bertz CT molecular complexity index is 922. The molecule has 0 amide bonds. The molecule has 0 bridgehead atoms. The molecular formula is C17H15BrN2OS. The van der Waals surface area contributed by atoms with Gasteiger partial charge in [-0.1, -0.05) is 40.2 Å². The summed E-state index contributed by atoms with van der Waals surface area (Å²) in [6.07, 6.45) is 1.61. The summed E-state index contributed by atoms with van der Waals surface area (Å²) in [5.41, 5.74) is 2.95. The lowest BCUT2D eigenvalue weighted by molar-refractivity contribution is 0.739. The molecule has 3 aromatic rings. The molecule has 0 aliphatic carbocycles. The van der Waals surface area contributed by atoms with Crippen molar-refractivity contribution in [3.63, 3.8) is 0 Å². The third kappa shape index (κ3) is 2.66. The minimum Gasteiger partial charge on any atom is -0.295 e. The van der Waals surface area contributed by atoms with Crippen LogP contribution in [0.2, 0.25) is 0 Å². The van der Waals surface area contributed by atoms with Crippen LogP contribution >= 0.6 is 27.3 Å². The number of aryl methyl sites for hydroxylation is 1. The molecule has 5 heteroatoms. The molecule has 3 rings (SSSR count). The molecule has 2 heterocycles. The lowest BCUT2D eigenvalue weighted by atomic mass is 10.0. The molecule has 0 radical (unpaired) electrons. The number of nitrogens with zero attached hydrogens (tertiary/aromatic N) is 2. The zero-order valence-corrected chi connectivity index (χ0v) is 14.8. The average molecular weight is 375 g/mol. The zero-order chi connectivity index (χ0) is 15.9. The second-order valence-electron chi connectivity index (χ2n) is 5.36. The molecule has 22 heavy (non-hydrogen) atoms. The van der Waals surface area contributed by atoms with E-state index < -0.39 is 0 Å². The van der Waals surface area contributed by atoms with Crippen molar-refractivity contribution in [1.82, 2.24) is 9.55 Å². The van der Waals surface area contributed by atoms with E-state index in [1.54, 1.807) is 22.2 Å². The predicted octanol–water partition coefficient (Wildman–Crippen LogP) is 4.77. The van der Waals surface area contributed by atoms with Crippen LogP contribution in [-0.2, 0) is 6.54 Å². The standard InChI is InChI=1S/C17H15BrN2OS/c1-10(2)8-20-9-19-16-15(17(20)21)14(11(3)22-16)12-4-6-13(18)7-5-12/h4-7,9H,1,8H2,2-3H3. The maximum atomic E-state index is 12.8. The fraction of sp³-hybridized carbons (Fsp3) is 0.176. The van der Waals surface area contributed by atoms with Crippen LogP contribution in [0.15, 0.2) is 52.0 Å². The highest BCUT2D eigenvalue weighted by Gasteiger charge is 2.16.